The Morgan fingerprint density at radius 2 is 1.90 bits per heavy atom. The van der Waals surface area contributed by atoms with Gasteiger partial charge in [0.1, 0.15) is 17.3 Å². The van der Waals surface area contributed by atoms with E-state index in [4.69, 9.17) is 20.8 Å². The monoisotopic (exact) mass is 412 g/mol. The lowest BCUT2D eigenvalue weighted by molar-refractivity contribution is -0.384. The number of nitro groups is 1. The van der Waals surface area contributed by atoms with E-state index in [2.05, 4.69) is 4.99 Å². The van der Waals surface area contributed by atoms with Crippen LogP contribution in [0.25, 0.3) is 17.4 Å². The number of nitro benzene ring substituents is 1. The number of esters is 1. The number of ether oxygens (including phenoxy) is 1. The first-order valence-electron chi connectivity index (χ1n) is 8.24. The van der Waals surface area contributed by atoms with Gasteiger partial charge in [-0.1, -0.05) is 23.7 Å². The average molecular weight is 413 g/mol. The normalized spacial score (nSPS) is 14.8. The minimum atomic E-state index is -0.741. The molecule has 144 valence electrons. The van der Waals surface area contributed by atoms with Crippen LogP contribution in [0.2, 0.25) is 5.02 Å². The number of hydrogen-bond donors (Lipinski definition) is 0. The average Bonchev–Trinajstić information content (AvgIpc) is 3.29. The highest BCUT2D eigenvalue weighted by atomic mass is 35.5. The Hall–Kier alpha value is -3.78. The van der Waals surface area contributed by atoms with E-state index in [1.165, 1.54) is 42.5 Å². The number of nitrogens with zero attached hydrogens (tertiary/aromatic N) is 2. The fourth-order valence-corrected chi connectivity index (χ4v) is 2.95. The molecule has 0 unspecified atom stereocenters. The van der Waals surface area contributed by atoms with Crippen molar-refractivity contribution in [2.45, 2.75) is 0 Å². The van der Waals surface area contributed by atoms with Crippen molar-refractivity contribution in [3.8, 4) is 11.3 Å². The summed E-state index contributed by atoms with van der Waals surface area (Å²) in [4.78, 5) is 26.3. The van der Waals surface area contributed by atoms with Crippen LogP contribution in [0.3, 0.4) is 0 Å². The molecule has 3 aromatic rings. The Morgan fingerprint density at radius 1 is 1.10 bits per heavy atom. The van der Waals surface area contributed by atoms with E-state index in [1.807, 2.05) is 0 Å². The van der Waals surface area contributed by atoms with E-state index < -0.39 is 16.7 Å². The van der Waals surface area contributed by atoms with Crippen molar-refractivity contribution >= 4 is 35.2 Å². The molecule has 4 rings (SSSR count). The Bertz CT molecular complexity index is 1220. The van der Waals surface area contributed by atoms with Crippen LogP contribution >= 0.6 is 11.6 Å². The summed E-state index contributed by atoms with van der Waals surface area (Å²) in [6, 6.07) is 13.0. The number of rotatable bonds is 4. The summed E-state index contributed by atoms with van der Waals surface area (Å²) in [7, 11) is 0. The molecular weight excluding hydrogens is 403 g/mol. The first-order chi connectivity index (χ1) is 13.9. The van der Waals surface area contributed by atoms with Crippen LogP contribution in [0.5, 0.6) is 0 Å². The Labute approximate surface area is 167 Å². The van der Waals surface area contributed by atoms with Gasteiger partial charge in [0, 0.05) is 23.8 Å². The van der Waals surface area contributed by atoms with Crippen LogP contribution in [-0.2, 0) is 9.53 Å². The van der Waals surface area contributed by atoms with Gasteiger partial charge >= 0.3 is 5.97 Å². The number of halogens is 2. The molecule has 1 aromatic heterocycles. The second-order valence-electron chi connectivity index (χ2n) is 5.94. The zero-order valence-corrected chi connectivity index (χ0v) is 15.2. The fourth-order valence-electron chi connectivity index (χ4n) is 2.69. The third-order valence-corrected chi connectivity index (χ3v) is 4.37. The Balaban J connectivity index is 1.64. The maximum Gasteiger partial charge on any atom is 0.363 e. The lowest BCUT2D eigenvalue weighted by Crippen LogP contribution is -2.07. The number of carbonyl (C=O) groups excluding carboxylic acids is 1. The molecule has 0 spiro atoms. The van der Waals surface area contributed by atoms with Gasteiger partial charge in [-0.3, -0.25) is 10.1 Å². The van der Waals surface area contributed by atoms with E-state index in [0.29, 0.717) is 11.3 Å². The number of aliphatic imine (C=N–C) groups is 1. The van der Waals surface area contributed by atoms with Crippen LogP contribution < -0.4 is 0 Å². The molecule has 0 saturated heterocycles. The van der Waals surface area contributed by atoms with Crippen molar-refractivity contribution in [2.75, 3.05) is 0 Å². The SMILES string of the molecule is O=C1OC(c2ccccc2F)=N/C1=C\c1ccc(-c2ccc([N+](=O)[O-])cc2Cl)o1. The van der Waals surface area contributed by atoms with Crippen molar-refractivity contribution in [3.05, 3.63) is 92.6 Å². The van der Waals surface area contributed by atoms with Gasteiger partial charge in [0.15, 0.2) is 5.70 Å². The molecule has 1 aliphatic rings. The van der Waals surface area contributed by atoms with Crippen LogP contribution in [0, 0.1) is 15.9 Å². The van der Waals surface area contributed by atoms with Crippen molar-refractivity contribution in [1.29, 1.82) is 0 Å². The number of benzene rings is 2. The minimum absolute atomic E-state index is 0.0565. The molecule has 2 aromatic carbocycles. The summed E-state index contributed by atoms with van der Waals surface area (Å²) in [6.45, 7) is 0. The van der Waals surface area contributed by atoms with Crippen LogP contribution in [0.4, 0.5) is 10.1 Å². The highest BCUT2D eigenvalue weighted by Crippen LogP contribution is 2.33. The summed E-state index contributed by atoms with van der Waals surface area (Å²) in [5.41, 5.74) is 0.323. The van der Waals surface area contributed by atoms with E-state index in [9.17, 15) is 19.3 Å². The third-order valence-electron chi connectivity index (χ3n) is 4.06. The Kier molecular flexibility index (Phi) is 4.69. The van der Waals surface area contributed by atoms with Gasteiger partial charge in [-0.25, -0.2) is 14.2 Å². The summed E-state index contributed by atoms with van der Waals surface area (Å²) in [6.07, 6.45) is 1.35. The van der Waals surface area contributed by atoms with Crippen molar-refractivity contribution in [1.82, 2.24) is 0 Å². The van der Waals surface area contributed by atoms with Gasteiger partial charge < -0.3 is 9.15 Å². The minimum Gasteiger partial charge on any atom is -0.457 e. The van der Waals surface area contributed by atoms with Gasteiger partial charge in [0.25, 0.3) is 5.69 Å². The highest BCUT2D eigenvalue weighted by Gasteiger charge is 2.26. The summed E-state index contributed by atoms with van der Waals surface area (Å²) in [5.74, 6) is -0.811. The molecular formula is C20H10ClFN2O5. The quantitative estimate of drug-likeness (QED) is 0.260. The molecule has 0 bridgehead atoms. The maximum atomic E-state index is 13.9. The van der Waals surface area contributed by atoms with Crippen LogP contribution in [0.15, 0.2) is 69.7 Å². The highest BCUT2D eigenvalue weighted by molar-refractivity contribution is 6.33. The predicted molar refractivity (Wildman–Crippen MR) is 103 cm³/mol. The summed E-state index contributed by atoms with van der Waals surface area (Å²) < 4.78 is 24.5. The number of carbonyl (C=O) groups is 1. The number of non-ortho nitro benzene ring substituents is 1. The van der Waals surface area contributed by atoms with Crippen LogP contribution in [-0.4, -0.2) is 16.8 Å². The van der Waals surface area contributed by atoms with E-state index in [0.717, 1.165) is 0 Å². The van der Waals surface area contributed by atoms with Crippen molar-refractivity contribution in [2.24, 2.45) is 4.99 Å². The number of cyclic esters (lactones) is 1. The maximum absolute atomic E-state index is 13.9. The largest absolute Gasteiger partial charge is 0.457 e. The number of furan rings is 1. The molecule has 9 heteroatoms. The first kappa shape index (κ1) is 18.6. The standard InChI is InChI=1S/C20H10ClFN2O5/c21-15-9-11(24(26)27)5-7-13(15)18-8-6-12(28-18)10-17-20(25)29-19(23-17)14-3-1-2-4-16(14)22/h1-10H/b17-10-. The smallest absolute Gasteiger partial charge is 0.363 e. The molecule has 0 saturated carbocycles. The molecule has 0 aliphatic carbocycles. The van der Waals surface area contributed by atoms with Crippen molar-refractivity contribution < 1.29 is 23.3 Å². The molecule has 0 amide bonds. The van der Waals surface area contributed by atoms with Crippen LogP contribution in [0.1, 0.15) is 11.3 Å². The second kappa shape index (κ2) is 7.33. The summed E-state index contributed by atoms with van der Waals surface area (Å²) in [5, 5.41) is 11.0. The molecule has 2 heterocycles. The molecule has 0 fully saturated rings. The molecule has 7 nitrogen and oxygen atoms in total. The first-order valence-corrected chi connectivity index (χ1v) is 8.62. The molecule has 0 atom stereocenters. The number of hydrogen-bond acceptors (Lipinski definition) is 6. The predicted octanol–water partition coefficient (Wildman–Crippen LogP) is 4.99. The van der Waals surface area contributed by atoms with Gasteiger partial charge in [0.2, 0.25) is 5.90 Å². The van der Waals surface area contributed by atoms with Gasteiger partial charge in [0.05, 0.1) is 15.5 Å². The Morgan fingerprint density at radius 3 is 2.62 bits per heavy atom. The topological polar surface area (TPSA) is 94.9 Å². The molecule has 1 aliphatic heterocycles. The second-order valence-corrected chi connectivity index (χ2v) is 6.35. The fraction of sp³-hybridized carbons (Fsp3) is 0. The third kappa shape index (κ3) is 3.65. The van der Waals surface area contributed by atoms with E-state index in [1.54, 1.807) is 18.2 Å². The zero-order valence-electron chi connectivity index (χ0n) is 14.5. The summed E-state index contributed by atoms with van der Waals surface area (Å²) >= 11 is 6.10. The molecule has 0 radical (unpaired) electrons. The van der Waals surface area contributed by atoms with Gasteiger partial charge in [-0.2, -0.15) is 0 Å². The van der Waals surface area contributed by atoms with E-state index in [-0.39, 0.29) is 33.6 Å². The van der Waals surface area contributed by atoms with Gasteiger partial charge in [-0.05, 0) is 30.3 Å². The van der Waals surface area contributed by atoms with Crippen molar-refractivity contribution in [3.63, 3.8) is 0 Å². The van der Waals surface area contributed by atoms with Gasteiger partial charge in [-0.15, -0.1) is 0 Å². The van der Waals surface area contributed by atoms with E-state index >= 15 is 0 Å². The zero-order chi connectivity index (χ0) is 20.5. The lowest BCUT2D eigenvalue weighted by atomic mass is 10.1. The molecule has 0 N–H and O–H groups in total. The lowest BCUT2D eigenvalue weighted by Gasteiger charge is -2.00. The molecule has 29 heavy (non-hydrogen) atoms.